The van der Waals surface area contributed by atoms with Crippen LogP contribution in [0.4, 0.5) is 5.69 Å². The number of thiazole rings is 1. The molecule has 0 radical (unpaired) electrons. The van der Waals surface area contributed by atoms with Crippen LogP contribution in [0.2, 0.25) is 0 Å². The molecule has 1 fully saturated rings. The quantitative estimate of drug-likeness (QED) is 0.859. The topological polar surface area (TPSA) is 54.3 Å². The minimum absolute atomic E-state index is 0.0807. The number of anilines is 1. The van der Waals surface area contributed by atoms with Crippen LogP contribution in [0.25, 0.3) is 0 Å². The summed E-state index contributed by atoms with van der Waals surface area (Å²) in [6.07, 6.45) is 7.35. The van der Waals surface area contributed by atoms with Gasteiger partial charge in [-0.25, -0.2) is 4.98 Å². The maximum absolute atomic E-state index is 12.7. The molecule has 2 aromatic heterocycles. The van der Waals surface area contributed by atoms with Crippen molar-refractivity contribution < 1.29 is 4.79 Å². The second-order valence-electron chi connectivity index (χ2n) is 5.36. The van der Waals surface area contributed by atoms with E-state index < -0.39 is 0 Å². The molecule has 1 amide bonds. The summed E-state index contributed by atoms with van der Waals surface area (Å²) in [4.78, 5) is 21.0. The van der Waals surface area contributed by atoms with Gasteiger partial charge < -0.3 is 4.90 Å². The molecule has 0 spiro atoms. The predicted molar refractivity (Wildman–Crippen MR) is 82.2 cm³/mol. The molecule has 1 atom stereocenters. The fourth-order valence-corrected chi connectivity index (χ4v) is 3.40. The molecule has 0 aliphatic carbocycles. The minimum atomic E-state index is -0.0807. The number of carbonyl (C=O) groups is 1. The van der Waals surface area contributed by atoms with E-state index in [1.807, 2.05) is 30.6 Å². The Balaban J connectivity index is 1.72. The van der Waals surface area contributed by atoms with Gasteiger partial charge in [0.2, 0.25) is 5.91 Å². The normalized spacial score (nSPS) is 19.5. The Hall–Kier alpha value is -1.73. The molecule has 6 nitrogen and oxygen atoms in total. The van der Waals surface area contributed by atoms with E-state index in [1.165, 1.54) is 0 Å². The van der Waals surface area contributed by atoms with E-state index in [2.05, 4.69) is 15.0 Å². The number of aromatic nitrogens is 3. The Morgan fingerprint density at radius 1 is 1.52 bits per heavy atom. The summed E-state index contributed by atoms with van der Waals surface area (Å²) in [5, 5.41) is 7.17. The highest BCUT2D eigenvalue weighted by molar-refractivity contribution is 7.09. The van der Waals surface area contributed by atoms with Crippen molar-refractivity contribution >= 4 is 22.9 Å². The number of piperidine rings is 1. The highest BCUT2D eigenvalue weighted by atomic mass is 32.1. The molecule has 1 aliphatic rings. The van der Waals surface area contributed by atoms with Gasteiger partial charge in [-0.15, -0.1) is 11.3 Å². The highest BCUT2D eigenvalue weighted by Crippen LogP contribution is 2.23. The smallest absolute Gasteiger partial charge is 0.244 e. The first-order chi connectivity index (χ1) is 10.1. The Morgan fingerprint density at radius 2 is 2.38 bits per heavy atom. The van der Waals surface area contributed by atoms with Crippen LogP contribution in [0, 0.1) is 0 Å². The summed E-state index contributed by atoms with van der Waals surface area (Å²) < 4.78 is 1.73. The van der Waals surface area contributed by atoms with E-state index in [0.29, 0.717) is 0 Å². The molecule has 3 rings (SSSR count). The van der Waals surface area contributed by atoms with Crippen molar-refractivity contribution in [2.24, 2.45) is 7.05 Å². The van der Waals surface area contributed by atoms with Gasteiger partial charge in [0, 0.05) is 31.4 Å². The van der Waals surface area contributed by atoms with Crippen LogP contribution in [0.1, 0.15) is 17.8 Å². The van der Waals surface area contributed by atoms with E-state index in [9.17, 15) is 4.79 Å². The molecular formula is C14H19N5OS. The van der Waals surface area contributed by atoms with Crippen LogP contribution >= 0.6 is 11.3 Å². The van der Waals surface area contributed by atoms with E-state index in [4.69, 9.17) is 0 Å². The van der Waals surface area contributed by atoms with Crippen molar-refractivity contribution in [1.82, 2.24) is 19.7 Å². The lowest BCUT2D eigenvalue weighted by Crippen LogP contribution is -2.51. The predicted octanol–water partition coefficient (Wildman–Crippen LogP) is 1.50. The van der Waals surface area contributed by atoms with E-state index in [0.717, 1.165) is 36.6 Å². The van der Waals surface area contributed by atoms with Gasteiger partial charge >= 0.3 is 0 Å². The molecule has 21 heavy (non-hydrogen) atoms. The molecule has 0 bridgehead atoms. The average Bonchev–Trinajstić information content (AvgIpc) is 3.10. The zero-order chi connectivity index (χ0) is 14.8. The van der Waals surface area contributed by atoms with Crippen LogP contribution in [0.5, 0.6) is 0 Å². The number of carbonyl (C=O) groups excluding carboxylic acids is 1. The fraction of sp³-hybridized carbons (Fsp3) is 0.500. The van der Waals surface area contributed by atoms with Crippen LogP contribution in [-0.4, -0.2) is 45.2 Å². The Bertz CT molecular complexity index is 609. The monoisotopic (exact) mass is 305 g/mol. The summed E-state index contributed by atoms with van der Waals surface area (Å²) in [6.45, 7) is 1.49. The van der Waals surface area contributed by atoms with Gasteiger partial charge in [0.15, 0.2) is 0 Å². The van der Waals surface area contributed by atoms with Crippen LogP contribution < -0.4 is 4.90 Å². The third kappa shape index (κ3) is 2.98. The molecule has 3 heterocycles. The van der Waals surface area contributed by atoms with Crippen LogP contribution in [0.15, 0.2) is 24.0 Å². The number of likely N-dealkylation sites (N-methyl/N-ethyl adjacent to an activating group) is 1. The lowest BCUT2D eigenvalue weighted by molar-refractivity contribution is -0.125. The van der Waals surface area contributed by atoms with Gasteiger partial charge in [-0.3, -0.25) is 14.4 Å². The first-order valence-corrected chi connectivity index (χ1v) is 7.92. The van der Waals surface area contributed by atoms with E-state index in [-0.39, 0.29) is 11.9 Å². The largest absolute Gasteiger partial charge is 0.308 e. The van der Waals surface area contributed by atoms with Gasteiger partial charge in [0.05, 0.1) is 24.5 Å². The standard InChI is InChI=1S/C14H19N5OS/c1-17(10-13-15-5-7-21-13)12-4-3-6-19(14(12)20)11-8-16-18(2)9-11/h5,7-9,12H,3-4,6,10H2,1-2H3. The number of hydrogen-bond acceptors (Lipinski definition) is 5. The van der Waals surface area contributed by atoms with E-state index in [1.54, 1.807) is 28.4 Å². The molecule has 2 aromatic rings. The third-order valence-electron chi connectivity index (χ3n) is 3.81. The third-order valence-corrected chi connectivity index (χ3v) is 4.58. The van der Waals surface area contributed by atoms with Crippen molar-refractivity contribution in [2.45, 2.75) is 25.4 Å². The molecule has 112 valence electrons. The summed E-state index contributed by atoms with van der Waals surface area (Å²) >= 11 is 1.63. The molecular weight excluding hydrogens is 286 g/mol. The second-order valence-corrected chi connectivity index (χ2v) is 6.34. The van der Waals surface area contributed by atoms with Crippen molar-refractivity contribution in [2.75, 3.05) is 18.5 Å². The molecule has 0 N–H and O–H groups in total. The number of aryl methyl sites for hydroxylation is 1. The maximum Gasteiger partial charge on any atom is 0.244 e. The average molecular weight is 305 g/mol. The molecule has 1 saturated heterocycles. The van der Waals surface area contributed by atoms with Gasteiger partial charge in [-0.05, 0) is 19.9 Å². The summed E-state index contributed by atoms with van der Waals surface area (Å²) in [5.74, 6) is 0.160. The Morgan fingerprint density at radius 3 is 3.05 bits per heavy atom. The molecule has 7 heteroatoms. The molecule has 1 unspecified atom stereocenters. The Kier molecular flexibility index (Phi) is 4.03. The Labute approximate surface area is 128 Å². The summed E-state index contributed by atoms with van der Waals surface area (Å²) in [7, 11) is 3.86. The minimum Gasteiger partial charge on any atom is -0.308 e. The van der Waals surface area contributed by atoms with Crippen molar-refractivity contribution in [3.63, 3.8) is 0 Å². The zero-order valence-electron chi connectivity index (χ0n) is 12.3. The summed E-state index contributed by atoms with van der Waals surface area (Å²) in [6, 6.07) is -0.0807. The number of nitrogens with zero attached hydrogens (tertiary/aromatic N) is 5. The van der Waals surface area contributed by atoms with Gasteiger partial charge in [0.1, 0.15) is 5.01 Å². The lowest BCUT2D eigenvalue weighted by Gasteiger charge is -2.35. The van der Waals surface area contributed by atoms with Gasteiger partial charge in [-0.2, -0.15) is 5.10 Å². The van der Waals surface area contributed by atoms with Crippen LogP contribution in [-0.2, 0) is 18.4 Å². The van der Waals surface area contributed by atoms with Crippen molar-refractivity contribution in [3.8, 4) is 0 Å². The molecule has 0 aromatic carbocycles. The first kappa shape index (κ1) is 14.2. The second kappa shape index (κ2) is 5.95. The number of hydrogen-bond donors (Lipinski definition) is 0. The molecule has 0 saturated carbocycles. The molecule has 1 aliphatic heterocycles. The maximum atomic E-state index is 12.7. The van der Waals surface area contributed by atoms with E-state index >= 15 is 0 Å². The van der Waals surface area contributed by atoms with Gasteiger partial charge in [0.25, 0.3) is 0 Å². The number of amides is 1. The van der Waals surface area contributed by atoms with Crippen molar-refractivity contribution in [3.05, 3.63) is 29.0 Å². The van der Waals surface area contributed by atoms with Gasteiger partial charge in [-0.1, -0.05) is 0 Å². The SMILES string of the molecule is CN(Cc1nccs1)C1CCCN(c2cnn(C)c2)C1=O. The highest BCUT2D eigenvalue weighted by Gasteiger charge is 2.33. The first-order valence-electron chi connectivity index (χ1n) is 7.04. The number of rotatable bonds is 4. The van der Waals surface area contributed by atoms with Crippen molar-refractivity contribution in [1.29, 1.82) is 0 Å². The fourth-order valence-electron chi connectivity index (χ4n) is 2.72. The summed E-state index contributed by atoms with van der Waals surface area (Å²) in [5.41, 5.74) is 0.884. The zero-order valence-corrected chi connectivity index (χ0v) is 13.1. The lowest BCUT2D eigenvalue weighted by atomic mass is 10.0. The van der Waals surface area contributed by atoms with Crippen LogP contribution in [0.3, 0.4) is 0 Å².